The van der Waals surface area contributed by atoms with Gasteiger partial charge in [0.1, 0.15) is 20.9 Å². The second kappa shape index (κ2) is 6.18. The van der Waals surface area contributed by atoms with Crippen LogP contribution in [0.15, 0.2) is 29.2 Å². The molecule has 2 aromatic rings. The van der Waals surface area contributed by atoms with Crippen LogP contribution in [0.25, 0.3) is 0 Å². The highest BCUT2D eigenvalue weighted by Crippen LogP contribution is 2.35. The smallest absolute Gasteiger partial charge is 0.207 e. The molecule has 0 spiro atoms. The number of nitrogens with zero attached hydrogens (tertiary/aromatic N) is 1. The molecule has 0 aliphatic heterocycles. The van der Waals surface area contributed by atoms with E-state index in [1.807, 2.05) is 0 Å². The van der Waals surface area contributed by atoms with Crippen molar-refractivity contribution in [3.05, 3.63) is 50.1 Å². The van der Waals surface area contributed by atoms with Crippen LogP contribution in [0, 0.1) is 11.6 Å². The lowest BCUT2D eigenvalue weighted by molar-refractivity contribution is 0.455. The zero-order chi connectivity index (χ0) is 15.8. The first-order valence-corrected chi connectivity index (χ1v) is 8.58. The van der Waals surface area contributed by atoms with Crippen LogP contribution in [0.1, 0.15) is 5.56 Å². The maximum absolute atomic E-state index is 13.6. The topological polar surface area (TPSA) is 37.4 Å². The van der Waals surface area contributed by atoms with E-state index >= 15 is 0 Å². The van der Waals surface area contributed by atoms with E-state index in [0.29, 0.717) is 6.07 Å². The summed E-state index contributed by atoms with van der Waals surface area (Å²) in [6.07, 6.45) is 0. The largest absolute Gasteiger partial charge is 0.245 e. The van der Waals surface area contributed by atoms with Crippen LogP contribution in [0.5, 0.6) is 0 Å². The maximum atomic E-state index is 13.6. The summed E-state index contributed by atoms with van der Waals surface area (Å²) in [5.74, 6) is -1.54. The molecule has 1 aromatic carbocycles. The van der Waals surface area contributed by atoms with Gasteiger partial charge < -0.3 is 0 Å². The van der Waals surface area contributed by atoms with Crippen molar-refractivity contribution in [1.29, 1.82) is 0 Å². The summed E-state index contributed by atoms with van der Waals surface area (Å²) >= 11 is 12.5. The summed E-state index contributed by atoms with van der Waals surface area (Å²) in [6, 6.07) is 4.19. The van der Waals surface area contributed by atoms with Gasteiger partial charge in [-0.1, -0.05) is 29.3 Å². The zero-order valence-electron chi connectivity index (χ0n) is 10.6. The molecular formula is C12H9Cl2F2NO2S2. The molecule has 114 valence electrons. The molecule has 0 aliphatic carbocycles. The Morgan fingerprint density at radius 1 is 1.24 bits per heavy atom. The first-order valence-electron chi connectivity index (χ1n) is 5.57. The molecule has 2 rings (SSSR count). The van der Waals surface area contributed by atoms with Crippen LogP contribution in [0.4, 0.5) is 8.78 Å². The van der Waals surface area contributed by atoms with Gasteiger partial charge in [0, 0.05) is 25.2 Å². The number of hydrogen-bond acceptors (Lipinski definition) is 3. The average molecular weight is 372 g/mol. The van der Waals surface area contributed by atoms with E-state index in [9.17, 15) is 17.2 Å². The van der Waals surface area contributed by atoms with Gasteiger partial charge in [-0.2, -0.15) is 4.31 Å². The summed E-state index contributed by atoms with van der Waals surface area (Å²) < 4.78 is 52.3. The molecule has 21 heavy (non-hydrogen) atoms. The molecule has 1 aromatic heterocycles. The van der Waals surface area contributed by atoms with Gasteiger partial charge in [0.25, 0.3) is 0 Å². The van der Waals surface area contributed by atoms with Crippen molar-refractivity contribution in [2.75, 3.05) is 7.05 Å². The van der Waals surface area contributed by atoms with Crippen molar-refractivity contribution in [1.82, 2.24) is 4.31 Å². The highest BCUT2D eigenvalue weighted by molar-refractivity contribution is 7.89. The third kappa shape index (κ3) is 3.54. The van der Waals surface area contributed by atoms with Gasteiger partial charge in [0.2, 0.25) is 10.0 Å². The quantitative estimate of drug-likeness (QED) is 0.809. The number of sulfonamides is 1. The molecule has 0 amide bonds. The zero-order valence-corrected chi connectivity index (χ0v) is 13.8. The molecule has 9 heteroatoms. The van der Waals surface area contributed by atoms with Gasteiger partial charge in [-0.3, -0.25) is 0 Å². The van der Waals surface area contributed by atoms with E-state index in [1.165, 1.54) is 19.2 Å². The fourth-order valence-electron chi connectivity index (χ4n) is 1.64. The molecule has 0 atom stereocenters. The summed E-state index contributed by atoms with van der Waals surface area (Å²) in [4.78, 5) is -0.135. The Labute approximate surface area is 134 Å². The van der Waals surface area contributed by atoms with Gasteiger partial charge in [-0.05, 0) is 12.1 Å². The Hall–Kier alpha value is -0.730. The third-order valence-corrected chi connectivity index (χ3v) is 6.28. The summed E-state index contributed by atoms with van der Waals surface area (Å²) in [7, 11) is -2.63. The van der Waals surface area contributed by atoms with Crippen LogP contribution >= 0.6 is 34.5 Å². The predicted octanol–water partition coefficient (Wildman–Crippen LogP) is 4.15. The average Bonchev–Trinajstić information content (AvgIpc) is 2.72. The maximum Gasteiger partial charge on any atom is 0.245 e. The number of benzene rings is 1. The SMILES string of the molecule is CN(Cc1ccc(F)cc1F)S(=O)(=O)c1cc(Cl)sc1Cl. The molecule has 0 unspecified atom stereocenters. The number of thiophene rings is 1. The normalized spacial score (nSPS) is 12.1. The van der Waals surface area contributed by atoms with E-state index in [2.05, 4.69) is 0 Å². The molecule has 0 aliphatic rings. The predicted molar refractivity (Wildman–Crippen MR) is 79.3 cm³/mol. The van der Waals surface area contributed by atoms with E-state index < -0.39 is 21.7 Å². The summed E-state index contributed by atoms with van der Waals surface area (Å²) in [5, 5.41) is 0. The van der Waals surface area contributed by atoms with Crippen molar-refractivity contribution < 1.29 is 17.2 Å². The second-order valence-corrected chi connectivity index (χ2v) is 8.48. The van der Waals surface area contributed by atoms with Crippen LogP contribution in [0.2, 0.25) is 8.67 Å². The standard InChI is InChI=1S/C12H9Cl2F2NO2S2/c1-17(6-7-2-3-8(15)4-9(7)16)21(18,19)10-5-11(13)20-12(10)14/h2-5H,6H2,1H3. The van der Waals surface area contributed by atoms with Crippen LogP contribution in [0.3, 0.4) is 0 Å². The number of halogens is 4. The molecule has 0 saturated carbocycles. The fourth-order valence-corrected chi connectivity index (χ4v) is 4.90. The van der Waals surface area contributed by atoms with Crippen molar-refractivity contribution in [2.24, 2.45) is 0 Å². The second-order valence-electron chi connectivity index (χ2n) is 4.19. The van der Waals surface area contributed by atoms with Crippen LogP contribution < -0.4 is 0 Å². The van der Waals surface area contributed by atoms with Crippen molar-refractivity contribution in [3.8, 4) is 0 Å². The number of hydrogen-bond donors (Lipinski definition) is 0. The molecule has 0 N–H and O–H groups in total. The minimum absolute atomic E-state index is 0.0337. The van der Waals surface area contributed by atoms with Crippen LogP contribution in [-0.4, -0.2) is 19.8 Å². The lowest BCUT2D eigenvalue weighted by atomic mass is 10.2. The molecule has 0 bridgehead atoms. The van der Waals surface area contributed by atoms with Crippen molar-refractivity contribution in [2.45, 2.75) is 11.4 Å². The van der Waals surface area contributed by atoms with Gasteiger partial charge in [-0.25, -0.2) is 17.2 Å². The monoisotopic (exact) mass is 371 g/mol. The molecule has 0 radical (unpaired) electrons. The van der Waals surface area contributed by atoms with E-state index in [4.69, 9.17) is 23.2 Å². The summed E-state index contributed by atoms with van der Waals surface area (Å²) in [6.45, 7) is -0.252. The highest BCUT2D eigenvalue weighted by Gasteiger charge is 2.26. The molecule has 0 saturated heterocycles. The van der Waals surface area contributed by atoms with E-state index in [0.717, 1.165) is 21.7 Å². The fraction of sp³-hybridized carbons (Fsp3) is 0.167. The molecule has 0 fully saturated rings. The Morgan fingerprint density at radius 2 is 1.90 bits per heavy atom. The van der Waals surface area contributed by atoms with Gasteiger partial charge in [0.15, 0.2) is 0 Å². The molecule has 1 heterocycles. The minimum atomic E-state index is -3.91. The summed E-state index contributed by atoms with van der Waals surface area (Å²) in [5.41, 5.74) is 0.0555. The van der Waals surface area contributed by atoms with Crippen molar-refractivity contribution in [3.63, 3.8) is 0 Å². The van der Waals surface area contributed by atoms with Gasteiger partial charge in [-0.15, -0.1) is 11.3 Å². The lowest BCUT2D eigenvalue weighted by Crippen LogP contribution is -2.26. The van der Waals surface area contributed by atoms with Gasteiger partial charge in [0.05, 0.1) is 4.34 Å². The van der Waals surface area contributed by atoms with E-state index in [-0.39, 0.29) is 25.7 Å². The first kappa shape index (κ1) is 16.6. The Morgan fingerprint density at radius 3 is 2.43 bits per heavy atom. The van der Waals surface area contributed by atoms with E-state index in [1.54, 1.807) is 0 Å². The Kier molecular flexibility index (Phi) is 4.89. The van der Waals surface area contributed by atoms with Crippen LogP contribution in [-0.2, 0) is 16.6 Å². The minimum Gasteiger partial charge on any atom is -0.207 e. The van der Waals surface area contributed by atoms with Crippen molar-refractivity contribution >= 4 is 44.6 Å². The highest BCUT2D eigenvalue weighted by atomic mass is 35.5. The first-order chi connectivity index (χ1) is 9.71. The number of rotatable bonds is 4. The lowest BCUT2D eigenvalue weighted by Gasteiger charge is -2.17. The Bertz CT molecular complexity index is 778. The molecule has 3 nitrogen and oxygen atoms in total. The van der Waals surface area contributed by atoms with Gasteiger partial charge >= 0.3 is 0 Å². The third-order valence-electron chi connectivity index (χ3n) is 2.72. The molecular weight excluding hydrogens is 363 g/mol. The Balaban J connectivity index is 2.31.